The van der Waals surface area contributed by atoms with Crippen molar-refractivity contribution in [3.8, 4) is 11.5 Å². The Bertz CT molecular complexity index is 1500. The van der Waals surface area contributed by atoms with Crippen LogP contribution in [-0.2, 0) is 28.7 Å². The van der Waals surface area contributed by atoms with E-state index < -0.39 is 64.6 Å². The minimum absolute atomic E-state index is 0.0834. The first-order valence-corrected chi connectivity index (χ1v) is 14.7. The monoisotopic (exact) mass is 586 g/mol. The highest BCUT2D eigenvalue weighted by Crippen LogP contribution is 2.69. The van der Waals surface area contributed by atoms with Crippen LogP contribution in [0, 0.1) is 35.0 Å². The number of allylic oxidation sites excluding steroid dienone is 1. The van der Waals surface area contributed by atoms with E-state index in [2.05, 4.69) is 0 Å². The second-order valence-electron chi connectivity index (χ2n) is 11.4. The van der Waals surface area contributed by atoms with Gasteiger partial charge in [0, 0.05) is 16.9 Å². The number of hydrogen-bond donors (Lipinski definition) is 0. The Balaban J connectivity index is 1.54. The quantitative estimate of drug-likeness (QED) is 0.337. The second-order valence-corrected chi connectivity index (χ2v) is 11.4. The zero-order valence-corrected chi connectivity index (χ0v) is 24.8. The van der Waals surface area contributed by atoms with E-state index in [1.54, 1.807) is 83.1 Å². The number of hydrogen-bond acceptors (Lipinski definition) is 8. The van der Waals surface area contributed by atoms with E-state index in [1.807, 2.05) is 0 Å². The highest BCUT2D eigenvalue weighted by molar-refractivity contribution is 6.28. The number of amides is 4. The Morgan fingerprint density at radius 1 is 0.698 bits per heavy atom. The summed E-state index contributed by atoms with van der Waals surface area (Å²) in [4.78, 5) is 73.4. The fourth-order valence-corrected chi connectivity index (χ4v) is 8.12. The molecule has 0 spiro atoms. The van der Waals surface area contributed by atoms with E-state index in [4.69, 9.17) is 14.2 Å². The summed E-state index contributed by atoms with van der Waals surface area (Å²) in [6.07, 6.45) is 0. The number of esters is 1. The van der Waals surface area contributed by atoms with E-state index >= 15 is 0 Å². The molecule has 0 radical (unpaired) electrons. The molecule has 10 nitrogen and oxygen atoms in total. The third-order valence-corrected chi connectivity index (χ3v) is 9.49. The largest absolute Gasteiger partial charge is 0.492 e. The van der Waals surface area contributed by atoms with Crippen LogP contribution in [-0.4, -0.2) is 49.4 Å². The third-order valence-electron chi connectivity index (χ3n) is 9.49. The summed E-state index contributed by atoms with van der Waals surface area (Å²) in [6, 6.07) is 13.6. The van der Waals surface area contributed by atoms with Crippen molar-refractivity contribution in [1.82, 2.24) is 0 Å². The normalized spacial score (nSPS) is 29.3. The smallest absolute Gasteiger partial charge is 0.334 e. The lowest BCUT2D eigenvalue weighted by atomic mass is 9.43. The van der Waals surface area contributed by atoms with Gasteiger partial charge in [-0.15, -0.1) is 0 Å². The molecule has 2 aromatic rings. The first-order valence-electron chi connectivity index (χ1n) is 14.7. The molecule has 2 aromatic carbocycles. The Morgan fingerprint density at radius 3 is 1.56 bits per heavy atom. The zero-order chi connectivity index (χ0) is 30.8. The van der Waals surface area contributed by atoms with Gasteiger partial charge in [-0.1, -0.05) is 36.8 Å². The molecule has 10 heteroatoms. The lowest BCUT2D eigenvalue weighted by Crippen LogP contribution is -2.61. The van der Waals surface area contributed by atoms with Crippen molar-refractivity contribution in [3.05, 3.63) is 59.7 Å². The number of para-hydroxylation sites is 4. The van der Waals surface area contributed by atoms with E-state index in [1.165, 1.54) is 0 Å². The summed E-state index contributed by atoms with van der Waals surface area (Å²) >= 11 is 0. The molecule has 1 saturated carbocycles. The fourth-order valence-electron chi connectivity index (χ4n) is 8.12. The summed E-state index contributed by atoms with van der Waals surface area (Å²) in [6.45, 7) is 9.39. The Morgan fingerprint density at radius 2 is 1.14 bits per heavy atom. The summed E-state index contributed by atoms with van der Waals surface area (Å²) < 4.78 is 17.0. The van der Waals surface area contributed by atoms with Crippen LogP contribution >= 0.6 is 0 Å². The van der Waals surface area contributed by atoms with Crippen molar-refractivity contribution in [2.75, 3.05) is 29.6 Å². The maximum absolute atomic E-state index is 14.4. The van der Waals surface area contributed by atoms with Gasteiger partial charge in [0.2, 0.25) is 23.6 Å². The molecule has 2 unspecified atom stereocenters. The van der Waals surface area contributed by atoms with Crippen LogP contribution in [0.3, 0.4) is 0 Å². The van der Waals surface area contributed by atoms with Crippen LogP contribution in [0.15, 0.2) is 59.7 Å². The minimum atomic E-state index is -1.50. The molecular formula is C33H34N2O8. The number of nitrogens with zero attached hydrogens (tertiary/aromatic N) is 2. The van der Waals surface area contributed by atoms with Gasteiger partial charge in [-0.3, -0.25) is 19.2 Å². The summed E-state index contributed by atoms with van der Waals surface area (Å²) in [5.74, 6) is -6.84. The molecule has 5 aliphatic rings. The number of benzene rings is 2. The third kappa shape index (κ3) is 3.74. The topological polar surface area (TPSA) is 120 Å². The van der Waals surface area contributed by atoms with Crippen molar-refractivity contribution in [1.29, 1.82) is 0 Å². The van der Waals surface area contributed by atoms with Crippen LogP contribution in [0.4, 0.5) is 11.4 Å². The average molecular weight is 587 g/mol. The van der Waals surface area contributed by atoms with Crippen molar-refractivity contribution >= 4 is 41.0 Å². The molecule has 6 atom stereocenters. The first-order chi connectivity index (χ1) is 20.6. The van der Waals surface area contributed by atoms with Crippen LogP contribution < -0.4 is 19.3 Å². The predicted octanol–water partition coefficient (Wildman–Crippen LogP) is 3.92. The Labute approximate surface area is 249 Å². The number of imide groups is 2. The first kappa shape index (κ1) is 28.6. The molecule has 7 rings (SSSR count). The van der Waals surface area contributed by atoms with E-state index in [9.17, 15) is 24.0 Å². The van der Waals surface area contributed by atoms with Gasteiger partial charge in [-0.25, -0.2) is 14.6 Å². The van der Waals surface area contributed by atoms with Crippen LogP contribution in [0.2, 0.25) is 0 Å². The highest BCUT2D eigenvalue weighted by Gasteiger charge is 2.77. The summed E-state index contributed by atoms with van der Waals surface area (Å²) in [5, 5.41) is 0. The van der Waals surface area contributed by atoms with E-state index in [-0.39, 0.29) is 12.2 Å². The summed E-state index contributed by atoms with van der Waals surface area (Å²) in [5.41, 5.74) is -0.205. The highest BCUT2D eigenvalue weighted by atomic mass is 16.5. The molecule has 4 amide bonds. The minimum Gasteiger partial charge on any atom is -0.492 e. The second kappa shape index (κ2) is 10.4. The number of carbonyl (C=O) groups excluding carboxylic acids is 5. The van der Waals surface area contributed by atoms with Crippen LogP contribution in [0.5, 0.6) is 11.5 Å². The van der Waals surface area contributed by atoms with E-state index in [0.717, 1.165) is 9.80 Å². The Hall–Kier alpha value is -4.47. The van der Waals surface area contributed by atoms with Gasteiger partial charge in [0.05, 0.1) is 54.9 Å². The molecule has 43 heavy (non-hydrogen) atoms. The van der Waals surface area contributed by atoms with E-state index in [0.29, 0.717) is 41.7 Å². The van der Waals surface area contributed by atoms with Gasteiger partial charge < -0.3 is 14.2 Å². The van der Waals surface area contributed by atoms with Crippen molar-refractivity contribution in [3.63, 3.8) is 0 Å². The lowest BCUT2D eigenvalue weighted by molar-refractivity contribution is -0.155. The van der Waals surface area contributed by atoms with Gasteiger partial charge in [0.1, 0.15) is 11.5 Å². The molecule has 2 aliphatic heterocycles. The van der Waals surface area contributed by atoms with Crippen LogP contribution in [0.1, 0.15) is 34.6 Å². The molecule has 0 N–H and O–H groups in total. The molecule has 3 fully saturated rings. The molecule has 2 bridgehead atoms. The van der Waals surface area contributed by atoms with Crippen molar-refractivity contribution < 1.29 is 38.2 Å². The number of ether oxygens (including phenoxy) is 3. The van der Waals surface area contributed by atoms with Gasteiger partial charge in [-0.2, -0.15) is 0 Å². The molecule has 2 saturated heterocycles. The number of rotatable bonds is 8. The zero-order valence-electron chi connectivity index (χ0n) is 24.8. The molecule has 3 aliphatic carbocycles. The number of carbonyl (C=O) groups is 5. The fraction of sp³-hybridized carbons (Fsp3) is 0.424. The molecular weight excluding hydrogens is 552 g/mol. The molecule has 0 aromatic heterocycles. The van der Waals surface area contributed by atoms with Gasteiger partial charge >= 0.3 is 5.97 Å². The maximum Gasteiger partial charge on any atom is 0.334 e. The van der Waals surface area contributed by atoms with Crippen molar-refractivity contribution in [2.45, 2.75) is 34.6 Å². The van der Waals surface area contributed by atoms with Crippen LogP contribution in [0.25, 0.3) is 0 Å². The maximum atomic E-state index is 14.4. The number of anilines is 2. The Kier molecular flexibility index (Phi) is 6.90. The predicted molar refractivity (Wildman–Crippen MR) is 155 cm³/mol. The molecule has 2 heterocycles. The SMILES string of the molecule is CCOC(=O)C1=C(C)C2[C@@H]3C(=O)N(c4ccccc4OCC)C(=O)[C@H]3C1(C)[C@H]1C(=O)N(c3ccccc3OCC)C(=O)[C@@H]21. The van der Waals surface area contributed by atoms with Gasteiger partial charge in [0.25, 0.3) is 0 Å². The van der Waals surface area contributed by atoms with Gasteiger partial charge in [-0.05, 0) is 52.0 Å². The van der Waals surface area contributed by atoms with Gasteiger partial charge in [0.15, 0.2) is 0 Å². The summed E-state index contributed by atoms with van der Waals surface area (Å²) in [7, 11) is 0. The molecule has 224 valence electrons. The lowest BCUT2D eigenvalue weighted by Gasteiger charge is -2.55. The average Bonchev–Trinajstić information content (AvgIpc) is 3.40. The van der Waals surface area contributed by atoms with Crippen molar-refractivity contribution in [2.24, 2.45) is 35.0 Å². The standard InChI is InChI=1S/C33H34N2O8/c1-6-41-20-15-11-9-13-18(20)34-28(36)23-22-17(4)25(32(40)43-8-3)33(5,26(23)30(34)38)27-24(22)29(37)35(31(27)39)19-14-10-12-16-21(19)42-7-2/h9-16,22-24,26-27H,6-8H2,1-5H3/t22?,23-,24-,26-,27+,33?/m0/s1.